The summed E-state index contributed by atoms with van der Waals surface area (Å²) in [7, 11) is 0. The van der Waals surface area contributed by atoms with E-state index in [1.54, 1.807) is 0 Å². The summed E-state index contributed by atoms with van der Waals surface area (Å²) in [4.78, 5) is 22.6. The molecule has 0 saturated carbocycles. The maximum atomic E-state index is 11.9. The third kappa shape index (κ3) is 6.29. The topological polar surface area (TPSA) is 66.4 Å². The van der Waals surface area contributed by atoms with E-state index >= 15 is 0 Å². The fourth-order valence-corrected chi connectivity index (χ4v) is 2.24. The molecule has 0 aromatic heterocycles. The number of rotatable bonds is 7. The fraction of sp³-hybridized carbons (Fsp3) is 0.556. The summed E-state index contributed by atoms with van der Waals surface area (Å²) in [6.07, 6.45) is 1.64. The largest absolute Gasteiger partial charge is 0.481 e. The molecule has 0 aliphatic rings. The lowest BCUT2D eigenvalue weighted by Gasteiger charge is -2.19. The lowest BCUT2D eigenvalue weighted by molar-refractivity contribution is -0.137. The Morgan fingerprint density at radius 2 is 1.77 bits per heavy atom. The van der Waals surface area contributed by atoms with E-state index in [0.29, 0.717) is 19.3 Å². The Morgan fingerprint density at radius 1 is 1.18 bits per heavy atom. The molecular weight excluding hydrogens is 278 g/mol. The molecule has 0 radical (unpaired) electrons. The molecule has 1 amide bonds. The summed E-state index contributed by atoms with van der Waals surface area (Å²) >= 11 is 0. The first-order valence-electron chi connectivity index (χ1n) is 7.83. The maximum absolute atomic E-state index is 11.9. The van der Waals surface area contributed by atoms with Crippen LogP contribution in [0, 0.1) is 0 Å². The zero-order chi connectivity index (χ0) is 16.8. The van der Waals surface area contributed by atoms with Gasteiger partial charge in [0.2, 0.25) is 5.91 Å². The minimum atomic E-state index is -0.884. The molecule has 0 aliphatic heterocycles. The highest BCUT2D eigenvalue weighted by atomic mass is 16.4. The zero-order valence-electron chi connectivity index (χ0n) is 14.0. The number of hydrogen-bond acceptors (Lipinski definition) is 2. The summed E-state index contributed by atoms with van der Waals surface area (Å²) in [6, 6.07) is 8.04. The summed E-state index contributed by atoms with van der Waals surface area (Å²) in [5, 5.41) is 11.6. The van der Waals surface area contributed by atoms with Gasteiger partial charge >= 0.3 is 5.97 Å². The molecule has 1 unspecified atom stereocenters. The van der Waals surface area contributed by atoms with Crippen molar-refractivity contribution >= 4 is 11.9 Å². The van der Waals surface area contributed by atoms with E-state index in [1.807, 2.05) is 6.92 Å². The molecule has 0 saturated heterocycles. The Labute approximate surface area is 132 Å². The lowest BCUT2D eigenvalue weighted by atomic mass is 9.86. The summed E-state index contributed by atoms with van der Waals surface area (Å²) < 4.78 is 0. The van der Waals surface area contributed by atoms with E-state index < -0.39 is 5.97 Å². The third-order valence-corrected chi connectivity index (χ3v) is 3.74. The number of benzene rings is 1. The Balaban J connectivity index is 2.48. The maximum Gasteiger partial charge on any atom is 0.305 e. The van der Waals surface area contributed by atoms with Gasteiger partial charge in [0.1, 0.15) is 0 Å². The molecule has 22 heavy (non-hydrogen) atoms. The number of amides is 1. The van der Waals surface area contributed by atoms with Crippen LogP contribution in [0.4, 0.5) is 0 Å². The highest BCUT2D eigenvalue weighted by Gasteiger charge is 2.15. The van der Waals surface area contributed by atoms with E-state index in [0.717, 1.165) is 5.56 Å². The van der Waals surface area contributed by atoms with Gasteiger partial charge in [-0.3, -0.25) is 9.59 Å². The summed E-state index contributed by atoms with van der Waals surface area (Å²) in [5.74, 6) is -0.974. The van der Waals surface area contributed by atoms with Gasteiger partial charge in [-0.2, -0.15) is 0 Å². The van der Waals surface area contributed by atoms with E-state index in [2.05, 4.69) is 50.4 Å². The number of carbonyl (C=O) groups is 2. The quantitative estimate of drug-likeness (QED) is 0.812. The number of carboxylic acids is 1. The highest BCUT2D eigenvalue weighted by Crippen LogP contribution is 2.22. The molecule has 1 rings (SSSR count). The minimum absolute atomic E-state index is 0.0253. The van der Waals surface area contributed by atoms with Gasteiger partial charge in [-0.05, 0) is 29.4 Å². The van der Waals surface area contributed by atoms with Crippen molar-refractivity contribution in [3.8, 4) is 0 Å². The normalized spacial score (nSPS) is 12.7. The zero-order valence-corrected chi connectivity index (χ0v) is 14.0. The van der Waals surface area contributed by atoms with Gasteiger partial charge in [0, 0.05) is 12.5 Å². The first-order valence-corrected chi connectivity index (χ1v) is 7.83. The van der Waals surface area contributed by atoms with Crippen molar-refractivity contribution in [2.24, 2.45) is 0 Å². The van der Waals surface area contributed by atoms with Crippen LogP contribution in [0.25, 0.3) is 0 Å². The van der Waals surface area contributed by atoms with Crippen LogP contribution in [-0.2, 0) is 21.4 Å². The van der Waals surface area contributed by atoms with Crippen molar-refractivity contribution < 1.29 is 14.7 Å². The number of aliphatic carboxylic acids is 1. The molecule has 0 spiro atoms. The van der Waals surface area contributed by atoms with Crippen molar-refractivity contribution in [3.05, 3.63) is 35.4 Å². The molecular formula is C18H27NO3. The average Bonchev–Trinajstić information content (AvgIpc) is 2.43. The lowest BCUT2D eigenvalue weighted by Crippen LogP contribution is -2.36. The molecule has 0 fully saturated rings. The molecule has 1 atom stereocenters. The molecule has 4 nitrogen and oxygen atoms in total. The molecule has 4 heteroatoms. The number of hydrogen-bond donors (Lipinski definition) is 2. The first kappa shape index (κ1) is 18.2. The van der Waals surface area contributed by atoms with Gasteiger partial charge in [0.25, 0.3) is 0 Å². The smallest absolute Gasteiger partial charge is 0.305 e. The molecule has 1 aromatic rings. The van der Waals surface area contributed by atoms with Gasteiger partial charge in [-0.25, -0.2) is 0 Å². The molecule has 0 heterocycles. The Morgan fingerprint density at radius 3 is 2.23 bits per heavy atom. The van der Waals surface area contributed by atoms with Crippen LogP contribution >= 0.6 is 0 Å². The summed E-state index contributed by atoms with van der Waals surface area (Å²) in [6.45, 7) is 8.38. The monoisotopic (exact) mass is 305 g/mol. The van der Waals surface area contributed by atoms with Crippen LogP contribution in [-0.4, -0.2) is 23.0 Å². The second-order valence-electron chi connectivity index (χ2n) is 6.72. The minimum Gasteiger partial charge on any atom is -0.481 e. The summed E-state index contributed by atoms with van der Waals surface area (Å²) in [5.41, 5.74) is 2.52. The predicted molar refractivity (Wildman–Crippen MR) is 87.9 cm³/mol. The van der Waals surface area contributed by atoms with E-state index in [9.17, 15) is 9.59 Å². The number of nitrogens with one attached hydrogen (secondary N) is 1. The second kappa shape index (κ2) is 7.97. The third-order valence-electron chi connectivity index (χ3n) is 3.74. The molecule has 122 valence electrons. The standard InChI is InChI=1S/C18H27NO3/c1-5-15(12-17(21)22)19-16(20)11-8-13-6-9-14(10-7-13)18(2,3)4/h6-7,9-10,15H,5,8,11-12H2,1-4H3,(H,19,20)(H,21,22). The predicted octanol–water partition coefficient (Wildman–Crippen LogP) is 3.29. The van der Waals surface area contributed by atoms with Crippen molar-refractivity contribution in [3.63, 3.8) is 0 Å². The van der Waals surface area contributed by atoms with Crippen molar-refractivity contribution in [1.82, 2.24) is 5.32 Å². The molecule has 0 aliphatic carbocycles. The Hall–Kier alpha value is -1.84. The van der Waals surface area contributed by atoms with Gasteiger partial charge in [0.15, 0.2) is 0 Å². The number of carboxylic acid groups (broad SMARTS) is 1. The first-order chi connectivity index (χ1) is 10.2. The van der Waals surface area contributed by atoms with Crippen molar-refractivity contribution in [2.45, 2.75) is 64.8 Å². The second-order valence-corrected chi connectivity index (χ2v) is 6.72. The van der Waals surface area contributed by atoms with E-state index in [-0.39, 0.29) is 23.8 Å². The Kier molecular flexibility index (Phi) is 6.60. The number of carbonyl (C=O) groups excluding carboxylic acids is 1. The van der Waals surface area contributed by atoms with E-state index in [1.165, 1.54) is 5.56 Å². The van der Waals surface area contributed by atoms with Gasteiger partial charge in [-0.15, -0.1) is 0 Å². The number of aryl methyl sites for hydroxylation is 1. The molecule has 2 N–H and O–H groups in total. The van der Waals surface area contributed by atoms with Crippen LogP contribution in [0.15, 0.2) is 24.3 Å². The van der Waals surface area contributed by atoms with E-state index in [4.69, 9.17) is 5.11 Å². The van der Waals surface area contributed by atoms with Crippen molar-refractivity contribution in [2.75, 3.05) is 0 Å². The van der Waals surface area contributed by atoms with Gasteiger partial charge in [0.05, 0.1) is 6.42 Å². The van der Waals surface area contributed by atoms with Crippen LogP contribution in [0.5, 0.6) is 0 Å². The molecule has 1 aromatic carbocycles. The van der Waals surface area contributed by atoms with Crippen LogP contribution in [0.2, 0.25) is 0 Å². The SMILES string of the molecule is CCC(CC(=O)O)NC(=O)CCc1ccc(C(C)(C)C)cc1. The average molecular weight is 305 g/mol. The van der Waals surface area contributed by atoms with Crippen LogP contribution in [0.3, 0.4) is 0 Å². The van der Waals surface area contributed by atoms with Crippen LogP contribution < -0.4 is 5.32 Å². The molecule has 0 bridgehead atoms. The van der Waals surface area contributed by atoms with Gasteiger partial charge in [-0.1, -0.05) is 52.0 Å². The Bertz CT molecular complexity index is 500. The van der Waals surface area contributed by atoms with Crippen LogP contribution in [0.1, 0.15) is 58.1 Å². The van der Waals surface area contributed by atoms with Gasteiger partial charge < -0.3 is 10.4 Å². The van der Waals surface area contributed by atoms with Crippen molar-refractivity contribution in [1.29, 1.82) is 0 Å². The highest BCUT2D eigenvalue weighted by molar-refractivity contribution is 5.77. The fourth-order valence-electron chi connectivity index (χ4n) is 2.24.